The van der Waals surface area contributed by atoms with Gasteiger partial charge in [0.2, 0.25) is 0 Å². The van der Waals surface area contributed by atoms with Crippen LogP contribution in [0.1, 0.15) is 11.1 Å². The van der Waals surface area contributed by atoms with Gasteiger partial charge in [0.15, 0.2) is 0 Å². The van der Waals surface area contributed by atoms with Gasteiger partial charge >= 0.3 is 0 Å². The van der Waals surface area contributed by atoms with Gasteiger partial charge in [0, 0.05) is 0 Å². The van der Waals surface area contributed by atoms with E-state index in [2.05, 4.69) is 6.07 Å². The Morgan fingerprint density at radius 2 is 1.88 bits per heavy atom. The van der Waals surface area contributed by atoms with Gasteiger partial charge in [-0.1, -0.05) is 29.8 Å². The van der Waals surface area contributed by atoms with Crippen LogP contribution in [-0.2, 0) is 0 Å². The zero-order valence-corrected chi connectivity index (χ0v) is 10.0. The Bertz CT molecular complexity index is 587. The summed E-state index contributed by atoms with van der Waals surface area (Å²) < 4.78 is 5.66. The average molecular weight is 244 g/mol. The number of nitriles is 1. The molecule has 2 aromatic carbocycles. The van der Waals surface area contributed by atoms with Crippen LogP contribution in [0, 0.1) is 18.3 Å². The molecule has 0 aliphatic rings. The third kappa shape index (κ3) is 2.58. The van der Waals surface area contributed by atoms with Crippen molar-refractivity contribution in [2.75, 3.05) is 0 Å². The lowest BCUT2D eigenvalue weighted by Gasteiger charge is -2.09. The first-order chi connectivity index (χ1) is 8.20. The van der Waals surface area contributed by atoms with Crippen LogP contribution in [0.3, 0.4) is 0 Å². The van der Waals surface area contributed by atoms with Gasteiger partial charge in [-0.25, -0.2) is 0 Å². The minimum absolute atomic E-state index is 0.496. The Labute approximate surface area is 105 Å². The molecule has 3 heteroatoms. The van der Waals surface area contributed by atoms with Crippen molar-refractivity contribution in [3.63, 3.8) is 0 Å². The molecule has 0 saturated carbocycles. The molecule has 0 heterocycles. The van der Waals surface area contributed by atoms with Gasteiger partial charge in [-0.05, 0) is 36.8 Å². The van der Waals surface area contributed by atoms with E-state index in [4.69, 9.17) is 21.6 Å². The minimum atomic E-state index is 0.496. The summed E-state index contributed by atoms with van der Waals surface area (Å²) in [5.41, 5.74) is 1.53. The SMILES string of the molecule is Cc1ccc(C#N)c(Oc2ccccc2Cl)c1. The van der Waals surface area contributed by atoms with Crippen molar-refractivity contribution in [2.45, 2.75) is 6.92 Å². The number of nitrogens with zero attached hydrogens (tertiary/aromatic N) is 1. The maximum atomic E-state index is 8.99. The van der Waals surface area contributed by atoms with E-state index in [1.54, 1.807) is 18.2 Å². The molecule has 0 aromatic heterocycles. The lowest BCUT2D eigenvalue weighted by atomic mass is 10.1. The average Bonchev–Trinajstić information content (AvgIpc) is 2.32. The van der Waals surface area contributed by atoms with Gasteiger partial charge < -0.3 is 4.74 Å². The topological polar surface area (TPSA) is 33.0 Å². The quantitative estimate of drug-likeness (QED) is 0.787. The van der Waals surface area contributed by atoms with Crippen LogP contribution in [0.4, 0.5) is 0 Å². The zero-order valence-electron chi connectivity index (χ0n) is 9.27. The molecule has 0 bridgehead atoms. The summed E-state index contributed by atoms with van der Waals surface area (Å²) in [7, 11) is 0. The predicted molar refractivity (Wildman–Crippen MR) is 67.4 cm³/mol. The van der Waals surface area contributed by atoms with Gasteiger partial charge in [0.25, 0.3) is 0 Å². The molecule has 2 aromatic rings. The number of ether oxygens (including phenoxy) is 1. The first-order valence-electron chi connectivity index (χ1n) is 5.14. The summed E-state index contributed by atoms with van der Waals surface area (Å²) in [6, 6.07) is 14.7. The maximum absolute atomic E-state index is 8.99. The Hall–Kier alpha value is -1.98. The molecule has 17 heavy (non-hydrogen) atoms. The molecule has 2 nitrogen and oxygen atoms in total. The van der Waals surface area contributed by atoms with Crippen molar-refractivity contribution in [1.82, 2.24) is 0 Å². The van der Waals surface area contributed by atoms with Crippen LogP contribution in [0.2, 0.25) is 5.02 Å². The molecule has 84 valence electrons. The van der Waals surface area contributed by atoms with Gasteiger partial charge in [0.05, 0.1) is 10.6 Å². The summed E-state index contributed by atoms with van der Waals surface area (Å²) in [5, 5.41) is 9.52. The summed E-state index contributed by atoms with van der Waals surface area (Å²) in [4.78, 5) is 0. The molecule has 0 spiro atoms. The zero-order chi connectivity index (χ0) is 12.3. The number of para-hydroxylation sites is 1. The fraction of sp³-hybridized carbons (Fsp3) is 0.0714. The largest absolute Gasteiger partial charge is 0.454 e. The number of benzene rings is 2. The van der Waals surface area contributed by atoms with Gasteiger partial charge in [-0.15, -0.1) is 0 Å². The Balaban J connectivity index is 2.40. The van der Waals surface area contributed by atoms with Crippen LogP contribution < -0.4 is 4.74 Å². The van der Waals surface area contributed by atoms with Crippen molar-refractivity contribution in [3.05, 3.63) is 58.6 Å². The monoisotopic (exact) mass is 243 g/mol. The third-order valence-corrected chi connectivity index (χ3v) is 2.63. The van der Waals surface area contributed by atoms with Gasteiger partial charge in [0.1, 0.15) is 17.6 Å². The molecule has 0 aliphatic heterocycles. The standard InChI is InChI=1S/C14H10ClNO/c1-10-6-7-11(9-16)14(8-10)17-13-5-3-2-4-12(13)15/h2-8H,1H3. The van der Waals surface area contributed by atoms with Crippen molar-refractivity contribution >= 4 is 11.6 Å². The van der Waals surface area contributed by atoms with Gasteiger partial charge in [-0.2, -0.15) is 5.26 Å². The van der Waals surface area contributed by atoms with Crippen LogP contribution >= 0.6 is 11.6 Å². The second-order valence-electron chi connectivity index (χ2n) is 3.64. The van der Waals surface area contributed by atoms with Crippen molar-refractivity contribution in [3.8, 4) is 17.6 Å². The molecule has 0 atom stereocenters. The highest BCUT2D eigenvalue weighted by Crippen LogP contribution is 2.31. The molecule has 0 aliphatic carbocycles. The number of hydrogen-bond donors (Lipinski definition) is 0. The molecular formula is C14H10ClNO. The smallest absolute Gasteiger partial charge is 0.146 e. The van der Waals surface area contributed by atoms with Crippen LogP contribution in [-0.4, -0.2) is 0 Å². The molecule has 0 N–H and O–H groups in total. The fourth-order valence-electron chi connectivity index (χ4n) is 1.45. The highest BCUT2D eigenvalue weighted by atomic mass is 35.5. The number of aryl methyl sites for hydroxylation is 1. The summed E-state index contributed by atoms with van der Waals surface area (Å²) >= 11 is 6.00. The second-order valence-corrected chi connectivity index (χ2v) is 4.05. The molecule has 0 radical (unpaired) electrons. The molecule has 0 fully saturated rings. The lowest BCUT2D eigenvalue weighted by Crippen LogP contribution is -1.89. The molecule has 2 rings (SSSR count). The molecular weight excluding hydrogens is 234 g/mol. The van der Waals surface area contributed by atoms with E-state index in [0.29, 0.717) is 22.1 Å². The third-order valence-electron chi connectivity index (χ3n) is 2.31. The number of rotatable bonds is 2. The number of halogens is 1. The first kappa shape index (κ1) is 11.5. The lowest BCUT2D eigenvalue weighted by molar-refractivity contribution is 0.481. The highest BCUT2D eigenvalue weighted by molar-refractivity contribution is 6.32. The van der Waals surface area contributed by atoms with E-state index in [9.17, 15) is 0 Å². The summed E-state index contributed by atoms with van der Waals surface area (Å²) in [6.07, 6.45) is 0. The Morgan fingerprint density at radius 1 is 1.12 bits per heavy atom. The van der Waals surface area contributed by atoms with Crippen LogP contribution in [0.5, 0.6) is 11.5 Å². The van der Waals surface area contributed by atoms with Crippen LogP contribution in [0.25, 0.3) is 0 Å². The maximum Gasteiger partial charge on any atom is 0.146 e. The normalized spacial score (nSPS) is 9.71. The predicted octanol–water partition coefficient (Wildman–Crippen LogP) is 4.31. The second kappa shape index (κ2) is 4.90. The highest BCUT2D eigenvalue weighted by Gasteiger charge is 2.07. The van der Waals surface area contributed by atoms with E-state index in [1.165, 1.54) is 0 Å². The Kier molecular flexibility index (Phi) is 3.32. The fourth-order valence-corrected chi connectivity index (χ4v) is 1.63. The molecule has 0 saturated heterocycles. The summed E-state index contributed by atoms with van der Waals surface area (Å²) in [5.74, 6) is 1.08. The Morgan fingerprint density at radius 3 is 2.59 bits per heavy atom. The van der Waals surface area contributed by atoms with E-state index in [0.717, 1.165) is 5.56 Å². The molecule has 0 amide bonds. The van der Waals surface area contributed by atoms with Crippen molar-refractivity contribution < 1.29 is 4.74 Å². The van der Waals surface area contributed by atoms with Crippen molar-refractivity contribution in [2.24, 2.45) is 0 Å². The van der Waals surface area contributed by atoms with Crippen LogP contribution in [0.15, 0.2) is 42.5 Å². The van der Waals surface area contributed by atoms with E-state index >= 15 is 0 Å². The van der Waals surface area contributed by atoms with E-state index in [-0.39, 0.29) is 0 Å². The first-order valence-corrected chi connectivity index (χ1v) is 5.51. The molecule has 0 unspecified atom stereocenters. The van der Waals surface area contributed by atoms with E-state index in [1.807, 2.05) is 31.2 Å². The van der Waals surface area contributed by atoms with Gasteiger partial charge in [-0.3, -0.25) is 0 Å². The minimum Gasteiger partial charge on any atom is -0.454 e. The number of hydrogen-bond acceptors (Lipinski definition) is 2. The van der Waals surface area contributed by atoms with Crippen molar-refractivity contribution in [1.29, 1.82) is 5.26 Å². The summed E-state index contributed by atoms with van der Waals surface area (Å²) in [6.45, 7) is 1.95. The van der Waals surface area contributed by atoms with E-state index < -0.39 is 0 Å².